The number of ether oxygens (including phenoxy) is 1. The Labute approximate surface area is 64.9 Å². The average molecular weight is 193 g/mol. The number of rotatable bonds is 4. The average Bonchev–Trinajstić information content (AvgIpc) is 2.62. The van der Waals surface area contributed by atoms with E-state index in [-0.39, 0.29) is 0 Å². The minimum atomic E-state index is 0.538. The molecule has 2 heteroatoms. The fourth-order valence-corrected chi connectivity index (χ4v) is 1.54. The van der Waals surface area contributed by atoms with Gasteiger partial charge in [-0.3, -0.25) is 0 Å². The van der Waals surface area contributed by atoms with Gasteiger partial charge in [0, 0.05) is 5.33 Å². The number of epoxide rings is 1. The number of hydrogen-bond acceptors (Lipinski definition) is 1. The molecule has 54 valence electrons. The van der Waals surface area contributed by atoms with Crippen molar-refractivity contribution in [2.24, 2.45) is 0 Å². The Morgan fingerprint density at radius 1 is 1.44 bits per heavy atom. The highest BCUT2D eigenvalue weighted by atomic mass is 79.9. The summed E-state index contributed by atoms with van der Waals surface area (Å²) < 4.78 is 5.32. The van der Waals surface area contributed by atoms with E-state index in [0.29, 0.717) is 12.2 Å². The first-order valence-electron chi connectivity index (χ1n) is 3.60. The van der Waals surface area contributed by atoms with Crippen LogP contribution in [0.4, 0.5) is 0 Å². The topological polar surface area (TPSA) is 12.5 Å². The van der Waals surface area contributed by atoms with E-state index in [1.165, 1.54) is 19.3 Å². The normalized spacial score (nSPS) is 32.7. The van der Waals surface area contributed by atoms with E-state index in [1.54, 1.807) is 0 Å². The minimum absolute atomic E-state index is 0.538. The molecule has 0 unspecified atom stereocenters. The van der Waals surface area contributed by atoms with Crippen molar-refractivity contribution in [3.05, 3.63) is 0 Å². The van der Waals surface area contributed by atoms with Crippen LogP contribution < -0.4 is 0 Å². The molecule has 1 fully saturated rings. The van der Waals surface area contributed by atoms with Crippen LogP contribution in [0.3, 0.4) is 0 Å². The molecule has 0 N–H and O–H groups in total. The molecule has 0 aromatic rings. The Kier molecular flexibility index (Phi) is 2.99. The maximum atomic E-state index is 5.32. The molecule has 0 bridgehead atoms. The zero-order chi connectivity index (χ0) is 6.69. The van der Waals surface area contributed by atoms with E-state index in [4.69, 9.17) is 4.74 Å². The number of alkyl halides is 1. The van der Waals surface area contributed by atoms with Crippen molar-refractivity contribution in [2.75, 3.05) is 5.33 Å². The Morgan fingerprint density at radius 3 is 2.67 bits per heavy atom. The molecule has 9 heavy (non-hydrogen) atoms. The van der Waals surface area contributed by atoms with Crippen molar-refractivity contribution in [2.45, 2.75) is 38.4 Å². The SMILES string of the molecule is CCCC[C@H]1O[C@@H]1CBr. The summed E-state index contributed by atoms with van der Waals surface area (Å²) in [6.07, 6.45) is 4.98. The number of halogens is 1. The summed E-state index contributed by atoms with van der Waals surface area (Å²) in [6, 6.07) is 0. The Hall–Kier alpha value is 0.440. The minimum Gasteiger partial charge on any atom is -0.369 e. The molecule has 0 aromatic carbocycles. The molecule has 2 atom stereocenters. The van der Waals surface area contributed by atoms with E-state index in [1.807, 2.05) is 0 Å². The number of unbranched alkanes of at least 4 members (excludes halogenated alkanes) is 1. The van der Waals surface area contributed by atoms with Crippen molar-refractivity contribution in [3.8, 4) is 0 Å². The first kappa shape index (κ1) is 7.55. The molecule has 0 aliphatic carbocycles. The zero-order valence-corrected chi connectivity index (χ0v) is 7.36. The van der Waals surface area contributed by atoms with Crippen molar-refractivity contribution < 1.29 is 4.74 Å². The second-order valence-electron chi connectivity index (χ2n) is 2.51. The Morgan fingerprint density at radius 2 is 2.22 bits per heavy atom. The summed E-state index contributed by atoms with van der Waals surface area (Å²) in [7, 11) is 0. The van der Waals surface area contributed by atoms with Crippen molar-refractivity contribution in [1.29, 1.82) is 0 Å². The lowest BCUT2D eigenvalue weighted by Crippen LogP contribution is -1.93. The maximum Gasteiger partial charge on any atom is 0.0938 e. The van der Waals surface area contributed by atoms with Crippen LogP contribution in [0.2, 0.25) is 0 Å². The number of hydrogen-bond donors (Lipinski definition) is 0. The molecular formula is C7H13BrO. The van der Waals surface area contributed by atoms with Crippen LogP contribution >= 0.6 is 15.9 Å². The van der Waals surface area contributed by atoms with Gasteiger partial charge >= 0.3 is 0 Å². The molecule has 1 heterocycles. The first-order chi connectivity index (χ1) is 4.38. The van der Waals surface area contributed by atoms with Crippen LogP contribution in [0.5, 0.6) is 0 Å². The van der Waals surface area contributed by atoms with Crippen LogP contribution in [-0.2, 0) is 4.74 Å². The summed E-state index contributed by atoms with van der Waals surface area (Å²) in [5.41, 5.74) is 0. The van der Waals surface area contributed by atoms with Crippen molar-refractivity contribution >= 4 is 15.9 Å². The van der Waals surface area contributed by atoms with Gasteiger partial charge in [0.2, 0.25) is 0 Å². The second kappa shape index (κ2) is 3.57. The van der Waals surface area contributed by atoms with E-state index < -0.39 is 0 Å². The fraction of sp³-hybridized carbons (Fsp3) is 1.00. The molecule has 1 rings (SSSR count). The summed E-state index contributed by atoms with van der Waals surface area (Å²) in [4.78, 5) is 0. The predicted octanol–water partition coefficient (Wildman–Crippen LogP) is 2.34. The first-order valence-corrected chi connectivity index (χ1v) is 4.72. The van der Waals surface area contributed by atoms with Crippen LogP contribution in [-0.4, -0.2) is 17.5 Å². The van der Waals surface area contributed by atoms with Crippen LogP contribution in [0, 0.1) is 0 Å². The monoisotopic (exact) mass is 192 g/mol. The van der Waals surface area contributed by atoms with E-state index in [9.17, 15) is 0 Å². The Bertz CT molecular complexity index is 85.0. The van der Waals surface area contributed by atoms with Gasteiger partial charge in [-0.15, -0.1) is 0 Å². The van der Waals surface area contributed by atoms with Gasteiger partial charge in [-0.25, -0.2) is 0 Å². The van der Waals surface area contributed by atoms with Gasteiger partial charge in [0.05, 0.1) is 12.2 Å². The van der Waals surface area contributed by atoms with Gasteiger partial charge in [0.1, 0.15) is 0 Å². The van der Waals surface area contributed by atoms with E-state index in [0.717, 1.165) is 5.33 Å². The molecule has 0 radical (unpaired) electrons. The molecule has 0 spiro atoms. The predicted molar refractivity (Wildman–Crippen MR) is 42.0 cm³/mol. The molecule has 1 saturated heterocycles. The lowest BCUT2D eigenvalue weighted by atomic mass is 10.2. The van der Waals surface area contributed by atoms with Crippen LogP contribution in [0.25, 0.3) is 0 Å². The van der Waals surface area contributed by atoms with E-state index >= 15 is 0 Å². The molecule has 0 amide bonds. The van der Waals surface area contributed by atoms with E-state index in [2.05, 4.69) is 22.9 Å². The van der Waals surface area contributed by atoms with Crippen molar-refractivity contribution in [3.63, 3.8) is 0 Å². The highest BCUT2D eigenvalue weighted by molar-refractivity contribution is 9.09. The fourth-order valence-electron chi connectivity index (χ4n) is 0.974. The standard InChI is InChI=1S/C7H13BrO/c1-2-3-4-6-7(5-8)9-6/h6-7H,2-5H2,1H3/t6-,7-/m1/s1. The smallest absolute Gasteiger partial charge is 0.0938 e. The van der Waals surface area contributed by atoms with Crippen molar-refractivity contribution in [1.82, 2.24) is 0 Å². The third kappa shape index (κ3) is 2.26. The molecule has 1 nitrogen and oxygen atoms in total. The largest absolute Gasteiger partial charge is 0.369 e. The maximum absolute atomic E-state index is 5.32. The third-order valence-corrected chi connectivity index (χ3v) is 2.32. The van der Waals surface area contributed by atoms with Gasteiger partial charge in [-0.2, -0.15) is 0 Å². The molecular weight excluding hydrogens is 180 g/mol. The highest BCUT2D eigenvalue weighted by Crippen LogP contribution is 2.28. The van der Waals surface area contributed by atoms with Gasteiger partial charge in [-0.05, 0) is 6.42 Å². The molecule has 0 saturated carbocycles. The van der Waals surface area contributed by atoms with Crippen LogP contribution in [0.1, 0.15) is 26.2 Å². The lowest BCUT2D eigenvalue weighted by molar-refractivity contribution is 0.368. The third-order valence-electron chi connectivity index (χ3n) is 1.68. The molecule has 1 aliphatic heterocycles. The van der Waals surface area contributed by atoms with Gasteiger partial charge in [0.15, 0.2) is 0 Å². The quantitative estimate of drug-likeness (QED) is 0.493. The lowest BCUT2D eigenvalue weighted by Gasteiger charge is -1.88. The highest BCUT2D eigenvalue weighted by Gasteiger charge is 2.36. The summed E-state index contributed by atoms with van der Waals surface area (Å²) in [6.45, 7) is 2.21. The molecule has 0 aromatic heterocycles. The van der Waals surface area contributed by atoms with Gasteiger partial charge < -0.3 is 4.74 Å². The molecule has 1 aliphatic rings. The second-order valence-corrected chi connectivity index (χ2v) is 3.16. The van der Waals surface area contributed by atoms with Gasteiger partial charge in [0.25, 0.3) is 0 Å². The summed E-state index contributed by atoms with van der Waals surface area (Å²) >= 11 is 3.38. The van der Waals surface area contributed by atoms with Crippen LogP contribution in [0.15, 0.2) is 0 Å². The summed E-state index contributed by atoms with van der Waals surface area (Å²) in [5.74, 6) is 0. The van der Waals surface area contributed by atoms with Gasteiger partial charge in [-0.1, -0.05) is 35.7 Å². The zero-order valence-electron chi connectivity index (χ0n) is 5.77. The Balaban J connectivity index is 1.92. The summed E-state index contributed by atoms with van der Waals surface area (Å²) in [5, 5.41) is 1.02.